The summed E-state index contributed by atoms with van der Waals surface area (Å²) < 4.78 is 47.6. The molecule has 0 N–H and O–H groups in total. The van der Waals surface area contributed by atoms with Crippen LogP contribution in [0.2, 0.25) is 0 Å². The molecule has 0 aromatic heterocycles. The van der Waals surface area contributed by atoms with Gasteiger partial charge in [0.25, 0.3) is 15.9 Å². The normalized spacial score (nSPS) is 13.4. The van der Waals surface area contributed by atoms with Crippen molar-refractivity contribution in [2.75, 3.05) is 18.5 Å². The number of carbonyl (C=O) groups excluding carboxylic acids is 1. The lowest BCUT2D eigenvalue weighted by Gasteiger charge is -2.25. The molecule has 178 valence electrons. The van der Waals surface area contributed by atoms with Crippen LogP contribution < -0.4 is 9.04 Å². The molecule has 0 heterocycles. The van der Waals surface area contributed by atoms with Gasteiger partial charge in [-0.25, -0.2) is 12.8 Å². The lowest BCUT2D eigenvalue weighted by atomic mass is 10.1. The minimum absolute atomic E-state index is 0.00325. The van der Waals surface area contributed by atoms with Crippen molar-refractivity contribution in [3.63, 3.8) is 0 Å². The topological polar surface area (TPSA) is 66.9 Å². The summed E-state index contributed by atoms with van der Waals surface area (Å²) in [4.78, 5) is 15.2. The van der Waals surface area contributed by atoms with Gasteiger partial charge >= 0.3 is 0 Å². The van der Waals surface area contributed by atoms with Crippen LogP contribution >= 0.6 is 0 Å². The van der Waals surface area contributed by atoms with Crippen LogP contribution in [0.5, 0.6) is 5.75 Å². The van der Waals surface area contributed by atoms with Crippen LogP contribution in [-0.2, 0) is 16.6 Å². The van der Waals surface area contributed by atoms with Gasteiger partial charge in [-0.2, -0.15) is 0 Å². The smallest absolute Gasteiger partial charge is 0.264 e. The highest BCUT2D eigenvalue weighted by Gasteiger charge is 2.35. The highest BCUT2D eigenvalue weighted by molar-refractivity contribution is 7.92. The zero-order valence-corrected chi connectivity index (χ0v) is 20.2. The van der Waals surface area contributed by atoms with Gasteiger partial charge in [-0.15, -0.1) is 0 Å². The van der Waals surface area contributed by atoms with E-state index >= 15 is 0 Å². The summed E-state index contributed by atoms with van der Waals surface area (Å²) in [6.07, 6.45) is 1.68. The number of halogens is 1. The Morgan fingerprint density at radius 3 is 2.41 bits per heavy atom. The van der Waals surface area contributed by atoms with Crippen LogP contribution in [-0.4, -0.2) is 39.4 Å². The molecule has 1 saturated carbocycles. The molecule has 6 nitrogen and oxygen atoms in total. The molecule has 0 radical (unpaired) electrons. The molecule has 8 heteroatoms. The molecule has 1 amide bonds. The number of anilines is 1. The maximum absolute atomic E-state index is 14.3. The number of carbonyl (C=O) groups is 1. The molecule has 1 fully saturated rings. The van der Waals surface area contributed by atoms with Crippen LogP contribution in [0.3, 0.4) is 0 Å². The van der Waals surface area contributed by atoms with Gasteiger partial charge in [0.05, 0.1) is 17.7 Å². The first-order valence-electron chi connectivity index (χ1n) is 11.0. The first-order chi connectivity index (χ1) is 16.2. The lowest BCUT2D eigenvalue weighted by molar-refractivity contribution is 0.0727. The average Bonchev–Trinajstić information content (AvgIpc) is 3.68. The number of methoxy groups -OCH3 is 1. The van der Waals surface area contributed by atoms with Gasteiger partial charge in [0.15, 0.2) is 0 Å². The molecule has 0 saturated heterocycles. The second-order valence-corrected chi connectivity index (χ2v) is 10.3. The third kappa shape index (κ3) is 4.63. The standard InChI is InChI=1S/C26H27FN2O4S/c1-18-12-15-21(34(31,32)28(2)24-10-6-7-11-25(24)33-3)16-22(18)26(30)29(20-13-14-20)17-19-8-4-5-9-23(19)27/h4-12,15-16,20H,13-14,17H2,1-3H3. The van der Waals surface area contributed by atoms with Gasteiger partial charge in [-0.1, -0.05) is 36.4 Å². The van der Waals surface area contributed by atoms with E-state index in [0.29, 0.717) is 22.6 Å². The monoisotopic (exact) mass is 482 g/mol. The first kappa shape index (κ1) is 23.8. The Labute approximate surface area is 199 Å². The number of rotatable bonds is 8. The van der Waals surface area contributed by atoms with E-state index in [4.69, 9.17) is 4.74 Å². The summed E-state index contributed by atoms with van der Waals surface area (Å²) in [5, 5.41) is 0. The summed E-state index contributed by atoms with van der Waals surface area (Å²) in [5.41, 5.74) is 1.76. The molecule has 0 unspecified atom stereocenters. The minimum Gasteiger partial charge on any atom is -0.495 e. The van der Waals surface area contributed by atoms with E-state index in [0.717, 1.165) is 17.1 Å². The van der Waals surface area contributed by atoms with Crippen LogP contribution in [0.1, 0.15) is 34.3 Å². The molecule has 1 aliphatic rings. The summed E-state index contributed by atoms with van der Waals surface area (Å²) in [5.74, 6) is -0.255. The molecule has 0 atom stereocenters. The van der Waals surface area contributed by atoms with E-state index in [-0.39, 0.29) is 34.8 Å². The van der Waals surface area contributed by atoms with E-state index < -0.39 is 10.0 Å². The fourth-order valence-corrected chi connectivity index (χ4v) is 5.12. The number of benzene rings is 3. The molecule has 0 aliphatic heterocycles. The Morgan fingerprint density at radius 2 is 1.74 bits per heavy atom. The number of hydrogen-bond acceptors (Lipinski definition) is 4. The maximum atomic E-state index is 14.3. The van der Waals surface area contributed by atoms with Gasteiger partial charge in [-0.3, -0.25) is 9.10 Å². The molecule has 0 bridgehead atoms. The quantitative estimate of drug-likeness (QED) is 0.464. The van der Waals surface area contributed by atoms with Crippen molar-refractivity contribution in [2.24, 2.45) is 0 Å². The first-order valence-corrected chi connectivity index (χ1v) is 12.4. The molecule has 3 aromatic carbocycles. The number of amides is 1. The second kappa shape index (κ2) is 9.46. The summed E-state index contributed by atoms with van der Waals surface area (Å²) in [6.45, 7) is 1.90. The van der Waals surface area contributed by atoms with Crippen molar-refractivity contribution in [1.82, 2.24) is 4.90 Å². The van der Waals surface area contributed by atoms with Gasteiger partial charge in [0.2, 0.25) is 0 Å². The van der Waals surface area contributed by atoms with Crippen molar-refractivity contribution in [3.05, 3.63) is 89.2 Å². The summed E-state index contributed by atoms with van der Waals surface area (Å²) in [7, 11) is -1.05. The number of nitrogens with zero attached hydrogens (tertiary/aromatic N) is 2. The number of para-hydroxylation sites is 2. The van der Waals surface area contributed by atoms with Gasteiger partial charge < -0.3 is 9.64 Å². The van der Waals surface area contributed by atoms with E-state index in [1.807, 2.05) is 0 Å². The highest BCUT2D eigenvalue weighted by atomic mass is 32.2. The third-order valence-corrected chi connectivity index (χ3v) is 7.84. The van der Waals surface area contributed by atoms with E-state index in [1.165, 1.54) is 32.4 Å². The Morgan fingerprint density at radius 1 is 1.06 bits per heavy atom. The SMILES string of the molecule is COc1ccccc1N(C)S(=O)(=O)c1ccc(C)c(C(=O)N(Cc2ccccc2F)C2CC2)c1. The lowest BCUT2D eigenvalue weighted by Crippen LogP contribution is -2.34. The third-order valence-electron chi connectivity index (χ3n) is 6.07. The van der Waals surface area contributed by atoms with E-state index in [2.05, 4.69) is 0 Å². The summed E-state index contributed by atoms with van der Waals surface area (Å²) >= 11 is 0. The largest absolute Gasteiger partial charge is 0.495 e. The average molecular weight is 483 g/mol. The number of hydrogen-bond donors (Lipinski definition) is 0. The second-order valence-electron chi connectivity index (χ2n) is 8.38. The molecule has 34 heavy (non-hydrogen) atoms. The fraction of sp³-hybridized carbons (Fsp3) is 0.269. The highest BCUT2D eigenvalue weighted by Crippen LogP contribution is 2.33. The van der Waals surface area contributed by atoms with Crippen LogP contribution in [0.25, 0.3) is 0 Å². The Kier molecular flexibility index (Phi) is 6.61. The zero-order valence-electron chi connectivity index (χ0n) is 19.4. The van der Waals surface area contributed by atoms with Crippen molar-refractivity contribution in [3.8, 4) is 5.75 Å². The Balaban J connectivity index is 1.68. The maximum Gasteiger partial charge on any atom is 0.264 e. The molecule has 1 aliphatic carbocycles. The predicted octanol–water partition coefficient (Wildman–Crippen LogP) is 4.77. The van der Waals surface area contributed by atoms with Gasteiger partial charge in [-0.05, 0) is 55.7 Å². The fourth-order valence-electron chi connectivity index (χ4n) is 3.89. The molecular weight excluding hydrogens is 455 g/mol. The minimum atomic E-state index is -3.97. The van der Waals surface area contributed by atoms with E-state index in [9.17, 15) is 17.6 Å². The molecular formula is C26H27FN2O4S. The van der Waals surface area contributed by atoms with Crippen molar-refractivity contribution < 1.29 is 22.3 Å². The molecule has 3 aromatic rings. The zero-order chi connectivity index (χ0) is 24.5. The number of ether oxygens (including phenoxy) is 1. The van der Waals surface area contributed by atoms with Crippen molar-refractivity contribution in [1.29, 1.82) is 0 Å². The number of aryl methyl sites for hydroxylation is 1. The van der Waals surface area contributed by atoms with E-state index in [1.54, 1.807) is 60.4 Å². The molecule has 4 rings (SSSR count). The van der Waals surface area contributed by atoms with Crippen molar-refractivity contribution >= 4 is 21.6 Å². The van der Waals surface area contributed by atoms with Crippen LogP contribution in [0.15, 0.2) is 71.6 Å². The summed E-state index contributed by atoms with van der Waals surface area (Å²) in [6, 6.07) is 17.7. The van der Waals surface area contributed by atoms with Gasteiger partial charge in [0.1, 0.15) is 11.6 Å². The molecule has 0 spiro atoms. The van der Waals surface area contributed by atoms with Crippen LogP contribution in [0.4, 0.5) is 10.1 Å². The number of sulfonamides is 1. The predicted molar refractivity (Wildman–Crippen MR) is 129 cm³/mol. The van der Waals surface area contributed by atoms with Crippen molar-refractivity contribution in [2.45, 2.75) is 37.2 Å². The Hall–Kier alpha value is -3.39. The Bertz CT molecular complexity index is 1320. The van der Waals surface area contributed by atoms with Crippen LogP contribution in [0, 0.1) is 12.7 Å². The van der Waals surface area contributed by atoms with Gasteiger partial charge in [0, 0.05) is 30.8 Å².